The summed E-state index contributed by atoms with van der Waals surface area (Å²) < 4.78 is 12.7. The van der Waals surface area contributed by atoms with Crippen molar-refractivity contribution in [1.29, 1.82) is 0 Å². The maximum atomic E-state index is 12.5. The summed E-state index contributed by atoms with van der Waals surface area (Å²) >= 11 is 19.3. The van der Waals surface area contributed by atoms with Crippen LogP contribution in [0.1, 0.15) is 15.4 Å². The average Bonchev–Trinajstić information content (AvgIpc) is 3.27. The van der Waals surface area contributed by atoms with Gasteiger partial charge in [-0.15, -0.1) is 11.3 Å². The van der Waals surface area contributed by atoms with Gasteiger partial charge in [0.15, 0.2) is 0 Å². The van der Waals surface area contributed by atoms with Crippen LogP contribution in [-0.2, 0) is 4.74 Å². The van der Waals surface area contributed by atoms with Gasteiger partial charge in [-0.05, 0) is 49.4 Å². The molecule has 4 rings (SSSR count). The molecule has 0 fully saturated rings. The standard InChI is InChI=1S/C21H15Cl3N2O3S/c1-12-16-11-19(30-20(16)26(25-12)15-4-2-3-13(22)9-15)21(27)29-8-7-28-18-6-5-14(23)10-17(18)24/h2-6,9-11H,7-8H2,1H3. The molecule has 0 aliphatic rings. The Hall–Kier alpha value is -2.25. The number of esters is 1. The number of benzene rings is 2. The molecule has 4 aromatic rings. The molecule has 2 aromatic carbocycles. The lowest BCUT2D eigenvalue weighted by Gasteiger charge is -2.08. The topological polar surface area (TPSA) is 53.4 Å². The van der Waals surface area contributed by atoms with Crippen molar-refractivity contribution in [3.05, 3.63) is 74.2 Å². The summed E-state index contributed by atoms with van der Waals surface area (Å²) in [6.07, 6.45) is 0. The Balaban J connectivity index is 1.44. The average molecular weight is 482 g/mol. The van der Waals surface area contributed by atoms with Crippen molar-refractivity contribution in [2.75, 3.05) is 13.2 Å². The number of thiophene rings is 1. The van der Waals surface area contributed by atoms with Crippen molar-refractivity contribution in [2.24, 2.45) is 0 Å². The lowest BCUT2D eigenvalue weighted by atomic mass is 10.3. The molecule has 9 heteroatoms. The van der Waals surface area contributed by atoms with E-state index in [1.54, 1.807) is 35.0 Å². The molecule has 2 heterocycles. The SMILES string of the molecule is Cc1nn(-c2cccc(Cl)c2)c2sc(C(=O)OCCOc3ccc(Cl)cc3Cl)cc12. The lowest BCUT2D eigenvalue weighted by Crippen LogP contribution is -2.11. The van der Waals surface area contributed by atoms with Crippen molar-refractivity contribution in [3.8, 4) is 11.4 Å². The van der Waals surface area contributed by atoms with Crippen LogP contribution in [0.5, 0.6) is 5.75 Å². The third kappa shape index (κ3) is 4.42. The zero-order chi connectivity index (χ0) is 21.3. The van der Waals surface area contributed by atoms with E-state index in [2.05, 4.69) is 5.10 Å². The molecule has 0 saturated heterocycles. The van der Waals surface area contributed by atoms with Gasteiger partial charge >= 0.3 is 5.97 Å². The number of carbonyl (C=O) groups excluding carboxylic acids is 1. The number of fused-ring (bicyclic) bond motifs is 1. The van der Waals surface area contributed by atoms with E-state index in [9.17, 15) is 4.79 Å². The van der Waals surface area contributed by atoms with E-state index in [1.807, 2.05) is 25.1 Å². The fourth-order valence-corrected chi connectivity index (χ4v) is 4.60. The van der Waals surface area contributed by atoms with Gasteiger partial charge in [0.25, 0.3) is 0 Å². The maximum Gasteiger partial charge on any atom is 0.348 e. The Bertz CT molecular complexity index is 1240. The van der Waals surface area contributed by atoms with Crippen LogP contribution in [0.4, 0.5) is 0 Å². The minimum atomic E-state index is -0.418. The Morgan fingerprint density at radius 2 is 1.87 bits per heavy atom. The first-order valence-electron chi connectivity index (χ1n) is 8.92. The second kappa shape index (κ2) is 8.86. The molecule has 0 aliphatic carbocycles. The van der Waals surface area contributed by atoms with Gasteiger partial charge in [-0.1, -0.05) is 40.9 Å². The van der Waals surface area contributed by atoms with E-state index in [-0.39, 0.29) is 13.2 Å². The second-order valence-corrected chi connectivity index (χ2v) is 8.68. The van der Waals surface area contributed by atoms with Gasteiger partial charge in [-0.3, -0.25) is 0 Å². The summed E-state index contributed by atoms with van der Waals surface area (Å²) in [6.45, 7) is 2.16. The van der Waals surface area contributed by atoms with Crippen LogP contribution in [0.25, 0.3) is 15.9 Å². The number of hydrogen-bond donors (Lipinski definition) is 0. The number of ether oxygens (including phenoxy) is 2. The van der Waals surface area contributed by atoms with Gasteiger partial charge in [0.2, 0.25) is 0 Å². The van der Waals surface area contributed by atoms with Crippen molar-refractivity contribution >= 4 is 62.3 Å². The molecule has 0 atom stereocenters. The van der Waals surface area contributed by atoms with Crippen LogP contribution in [0, 0.1) is 6.92 Å². The molecule has 0 unspecified atom stereocenters. The van der Waals surface area contributed by atoms with Gasteiger partial charge < -0.3 is 9.47 Å². The fourth-order valence-electron chi connectivity index (χ4n) is 2.88. The van der Waals surface area contributed by atoms with Crippen LogP contribution >= 0.6 is 46.1 Å². The third-order valence-electron chi connectivity index (χ3n) is 4.27. The number of aryl methyl sites for hydroxylation is 1. The number of halogens is 3. The number of carbonyl (C=O) groups is 1. The molecule has 154 valence electrons. The minimum Gasteiger partial charge on any atom is -0.488 e. The fraction of sp³-hybridized carbons (Fsp3) is 0.143. The molecule has 30 heavy (non-hydrogen) atoms. The van der Waals surface area contributed by atoms with Crippen LogP contribution < -0.4 is 4.74 Å². The van der Waals surface area contributed by atoms with Crippen LogP contribution in [-0.4, -0.2) is 29.0 Å². The van der Waals surface area contributed by atoms with Gasteiger partial charge in [-0.25, -0.2) is 9.48 Å². The van der Waals surface area contributed by atoms with E-state index >= 15 is 0 Å². The monoisotopic (exact) mass is 480 g/mol. The highest BCUT2D eigenvalue weighted by Gasteiger charge is 2.18. The van der Waals surface area contributed by atoms with Gasteiger partial charge in [0.1, 0.15) is 28.7 Å². The summed E-state index contributed by atoms with van der Waals surface area (Å²) in [4.78, 5) is 13.8. The molecule has 5 nitrogen and oxygen atoms in total. The first kappa shape index (κ1) is 21.0. The predicted molar refractivity (Wildman–Crippen MR) is 121 cm³/mol. The number of rotatable bonds is 6. The number of nitrogens with zero attached hydrogens (tertiary/aromatic N) is 2. The largest absolute Gasteiger partial charge is 0.488 e. The van der Waals surface area contributed by atoms with E-state index in [0.29, 0.717) is 25.7 Å². The van der Waals surface area contributed by atoms with Crippen molar-refractivity contribution in [2.45, 2.75) is 6.92 Å². The summed E-state index contributed by atoms with van der Waals surface area (Å²) in [5.41, 5.74) is 1.65. The maximum absolute atomic E-state index is 12.5. The number of aromatic nitrogens is 2. The highest BCUT2D eigenvalue weighted by molar-refractivity contribution is 7.20. The Labute approximate surface area is 191 Å². The van der Waals surface area contributed by atoms with Crippen LogP contribution in [0.15, 0.2) is 48.5 Å². The van der Waals surface area contributed by atoms with Crippen LogP contribution in [0.2, 0.25) is 15.1 Å². The molecular formula is C21H15Cl3N2O3S. The zero-order valence-electron chi connectivity index (χ0n) is 15.7. The molecule has 0 spiro atoms. The first-order valence-corrected chi connectivity index (χ1v) is 10.9. The van der Waals surface area contributed by atoms with E-state index < -0.39 is 5.97 Å². The smallest absolute Gasteiger partial charge is 0.348 e. The van der Waals surface area contributed by atoms with Crippen molar-refractivity contribution in [1.82, 2.24) is 9.78 Å². The van der Waals surface area contributed by atoms with E-state index in [1.165, 1.54) is 11.3 Å². The second-order valence-electron chi connectivity index (χ2n) is 6.37. The molecule has 0 saturated carbocycles. The minimum absolute atomic E-state index is 0.0887. The molecule has 0 aliphatic heterocycles. The molecule has 0 amide bonds. The zero-order valence-corrected chi connectivity index (χ0v) is 18.8. The summed E-state index contributed by atoms with van der Waals surface area (Å²) in [6, 6.07) is 14.1. The quantitative estimate of drug-likeness (QED) is 0.230. The molecule has 2 aromatic heterocycles. The summed E-state index contributed by atoms with van der Waals surface area (Å²) in [5, 5.41) is 7.00. The lowest BCUT2D eigenvalue weighted by molar-refractivity contribution is 0.0456. The van der Waals surface area contributed by atoms with Gasteiger partial charge in [0, 0.05) is 15.4 Å². The molecule has 0 bridgehead atoms. The highest BCUT2D eigenvalue weighted by atomic mass is 35.5. The Kier molecular flexibility index (Phi) is 6.20. The highest BCUT2D eigenvalue weighted by Crippen LogP contribution is 2.31. The van der Waals surface area contributed by atoms with E-state index in [4.69, 9.17) is 44.3 Å². The molecule has 0 N–H and O–H groups in total. The summed E-state index contributed by atoms with van der Waals surface area (Å²) in [7, 11) is 0. The summed E-state index contributed by atoms with van der Waals surface area (Å²) in [5.74, 6) is 0.0651. The van der Waals surface area contributed by atoms with E-state index in [0.717, 1.165) is 21.6 Å². The predicted octanol–water partition coefficient (Wildman–Crippen LogP) is 6.59. The van der Waals surface area contributed by atoms with Crippen LogP contribution in [0.3, 0.4) is 0 Å². The van der Waals surface area contributed by atoms with Crippen molar-refractivity contribution < 1.29 is 14.3 Å². The Morgan fingerprint density at radius 1 is 1.07 bits per heavy atom. The van der Waals surface area contributed by atoms with Gasteiger partial charge in [0.05, 0.1) is 16.4 Å². The first-order chi connectivity index (χ1) is 14.4. The number of hydrogen-bond acceptors (Lipinski definition) is 5. The normalized spacial score (nSPS) is 11.1. The molecule has 0 radical (unpaired) electrons. The molecular weight excluding hydrogens is 467 g/mol. The van der Waals surface area contributed by atoms with Crippen molar-refractivity contribution in [3.63, 3.8) is 0 Å². The Morgan fingerprint density at radius 3 is 2.63 bits per heavy atom. The van der Waals surface area contributed by atoms with Gasteiger partial charge in [-0.2, -0.15) is 5.10 Å². The third-order valence-corrected chi connectivity index (χ3v) is 6.12.